The predicted octanol–water partition coefficient (Wildman–Crippen LogP) is 13.5. The molecule has 5 nitrogen and oxygen atoms in total. The molecular formula is C53H33N5. The molecule has 0 radical (unpaired) electrons. The molecule has 0 amide bonds. The van der Waals surface area contributed by atoms with E-state index in [0.717, 1.165) is 56.1 Å². The maximum atomic E-state index is 5.66. The molecule has 13 rings (SSSR count). The monoisotopic (exact) mass is 739 g/mol. The summed E-state index contributed by atoms with van der Waals surface area (Å²) in [5, 5.41) is 9.67. The van der Waals surface area contributed by atoms with Crippen LogP contribution in [0.15, 0.2) is 200 Å². The number of para-hydroxylation sites is 7. The Hall–Kier alpha value is -7.89. The molecule has 5 aromatic heterocycles. The lowest BCUT2D eigenvalue weighted by molar-refractivity contribution is 0.997. The fourth-order valence-electron chi connectivity index (χ4n) is 9.80. The van der Waals surface area contributed by atoms with Gasteiger partial charge in [0.15, 0.2) is 0 Å². The van der Waals surface area contributed by atoms with Gasteiger partial charge in [-0.2, -0.15) is 0 Å². The molecule has 0 aliphatic carbocycles. The molecule has 0 atom stereocenters. The van der Waals surface area contributed by atoms with Gasteiger partial charge in [-0.3, -0.25) is 9.13 Å². The molecule has 0 spiro atoms. The number of hydrogen-bond donors (Lipinski definition) is 0. The van der Waals surface area contributed by atoms with Gasteiger partial charge in [-0.05, 0) is 48.5 Å². The van der Waals surface area contributed by atoms with E-state index in [0.29, 0.717) is 0 Å². The fraction of sp³-hybridized carbons (Fsp3) is 0. The first-order valence-corrected chi connectivity index (χ1v) is 19.8. The number of benzene rings is 8. The van der Waals surface area contributed by atoms with Crippen molar-refractivity contribution in [1.29, 1.82) is 0 Å². The topological polar surface area (TPSA) is 32.6 Å². The molecule has 0 bridgehead atoms. The molecule has 58 heavy (non-hydrogen) atoms. The standard InChI is InChI=1S/C53H33N5/c1-2-16-34(17-3-1)55-44-24-10-8-22-40(44)42-30-31-43-41-23-9-11-25-45(41)56(53(43)52(42)55)35-32-50(57-46-26-12-4-18-36(46)37-19-5-13-27-47(37)57)54-51(33-35)58-48-28-14-6-20-38(48)39-21-7-15-29-49(39)58/h1-33H. The third kappa shape index (κ3) is 4.22. The van der Waals surface area contributed by atoms with Crippen LogP contribution >= 0.6 is 0 Å². The predicted molar refractivity (Wildman–Crippen MR) is 242 cm³/mol. The lowest BCUT2D eigenvalue weighted by Gasteiger charge is -2.17. The highest BCUT2D eigenvalue weighted by atomic mass is 15.2. The Kier molecular flexibility index (Phi) is 6.38. The smallest absolute Gasteiger partial charge is 0.142 e. The normalized spacial score (nSPS) is 12.1. The number of nitrogens with zero attached hydrogens (tertiary/aromatic N) is 5. The Morgan fingerprint density at radius 1 is 0.241 bits per heavy atom. The van der Waals surface area contributed by atoms with Crippen LogP contribution in [0.25, 0.3) is 110 Å². The van der Waals surface area contributed by atoms with Crippen molar-refractivity contribution in [2.24, 2.45) is 0 Å². The molecule has 5 heterocycles. The Balaban J connectivity index is 1.24. The third-order valence-electron chi connectivity index (χ3n) is 12.1. The SMILES string of the molecule is c1ccc(-n2c3ccccc3c3ccc4c5ccccc5n(-c5cc(-n6c7ccccc7c7ccccc76)nc(-n6c7ccccc7c7ccccc76)c5)c4c32)cc1. The van der Waals surface area contributed by atoms with Gasteiger partial charge in [0.2, 0.25) is 0 Å². The minimum absolute atomic E-state index is 0.855. The van der Waals surface area contributed by atoms with Gasteiger partial charge < -0.3 is 9.13 Å². The molecule has 0 saturated carbocycles. The first kappa shape index (κ1) is 31.3. The maximum Gasteiger partial charge on any atom is 0.142 e. The Labute approximate surface area is 332 Å². The van der Waals surface area contributed by atoms with Gasteiger partial charge >= 0.3 is 0 Å². The van der Waals surface area contributed by atoms with E-state index in [9.17, 15) is 0 Å². The van der Waals surface area contributed by atoms with Gasteiger partial charge in [-0.15, -0.1) is 0 Å². The van der Waals surface area contributed by atoms with Crippen molar-refractivity contribution >= 4 is 87.2 Å². The molecule has 8 aromatic carbocycles. The van der Waals surface area contributed by atoms with Crippen molar-refractivity contribution in [3.63, 3.8) is 0 Å². The molecule has 0 N–H and O–H groups in total. The summed E-state index contributed by atoms with van der Waals surface area (Å²) in [6.07, 6.45) is 0. The summed E-state index contributed by atoms with van der Waals surface area (Å²) in [5.41, 5.74) is 11.3. The summed E-state index contributed by atoms with van der Waals surface area (Å²) in [5.74, 6) is 1.71. The number of rotatable bonds is 4. The largest absolute Gasteiger partial charge is 0.307 e. The lowest BCUT2D eigenvalue weighted by Crippen LogP contribution is -2.07. The zero-order chi connectivity index (χ0) is 37.9. The van der Waals surface area contributed by atoms with Crippen molar-refractivity contribution in [2.45, 2.75) is 0 Å². The second kappa shape index (κ2) is 11.8. The van der Waals surface area contributed by atoms with Gasteiger partial charge in [0.25, 0.3) is 0 Å². The van der Waals surface area contributed by atoms with Crippen molar-refractivity contribution in [3.8, 4) is 23.0 Å². The molecular weight excluding hydrogens is 707 g/mol. The first-order chi connectivity index (χ1) is 28.8. The van der Waals surface area contributed by atoms with E-state index < -0.39 is 0 Å². The van der Waals surface area contributed by atoms with Crippen LogP contribution in [0.3, 0.4) is 0 Å². The minimum atomic E-state index is 0.855. The van der Waals surface area contributed by atoms with Crippen molar-refractivity contribution in [1.82, 2.24) is 23.3 Å². The van der Waals surface area contributed by atoms with E-state index in [4.69, 9.17) is 4.98 Å². The van der Waals surface area contributed by atoms with Crippen molar-refractivity contribution < 1.29 is 0 Å². The summed E-state index contributed by atoms with van der Waals surface area (Å²) in [6, 6.07) is 72.4. The number of aromatic nitrogens is 5. The van der Waals surface area contributed by atoms with Gasteiger partial charge in [0, 0.05) is 60.9 Å². The minimum Gasteiger partial charge on any atom is -0.307 e. The van der Waals surface area contributed by atoms with Crippen LogP contribution in [-0.2, 0) is 0 Å². The zero-order valence-corrected chi connectivity index (χ0v) is 31.3. The second-order valence-electron chi connectivity index (χ2n) is 15.2. The number of pyridine rings is 1. The highest BCUT2D eigenvalue weighted by Gasteiger charge is 2.24. The van der Waals surface area contributed by atoms with Crippen molar-refractivity contribution in [3.05, 3.63) is 200 Å². The van der Waals surface area contributed by atoms with Crippen LogP contribution < -0.4 is 0 Å². The highest BCUT2D eigenvalue weighted by Crippen LogP contribution is 2.43. The average molecular weight is 740 g/mol. The van der Waals surface area contributed by atoms with E-state index >= 15 is 0 Å². The first-order valence-electron chi connectivity index (χ1n) is 19.8. The average Bonchev–Trinajstić information content (AvgIpc) is 4.02. The second-order valence-corrected chi connectivity index (χ2v) is 15.2. The summed E-state index contributed by atoms with van der Waals surface area (Å²) in [6.45, 7) is 0. The van der Waals surface area contributed by atoms with Gasteiger partial charge in [0.05, 0.1) is 49.8 Å². The Morgan fingerprint density at radius 2 is 0.534 bits per heavy atom. The zero-order valence-electron chi connectivity index (χ0n) is 31.3. The lowest BCUT2D eigenvalue weighted by atomic mass is 10.1. The van der Waals surface area contributed by atoms with Crippen LogP contribution in [0.4, 0.5) is 0 Å². The summed E-state index contributed by atoms with van der Waals surface area (Å²) in [7, 11) is 0. The summed E-state index contributed by atoms with van der Waals surface area (Å²) < 4.78 is 9.62. The van der Waals surface area contributed by atoms with E-state index in [1.165, 1.54) is 54.1 Å². The molecule has 5 heteroatoms. The van der Waals surface area contributed by atoms with Crippen LogP contribution in [0, 0.1) is 0 Å². The maximum absolute atomic E-state index is 5.66. The van der Waals surface area contributed by atoms with Crippen molar-refractivity contribution in [2.75, 3.05) is 0 Å². The molecule has 0 fully saturated rings. The Bertz CT molecular complexity index is 3560. The van der Waals surface area contributed by atoms with Crippen LogP contribution in [0.2, 0.25) is 0 Å². The van der Waals surface area contributed by atoms with Gasteiger partial charge in [-0.1, -0.05) is 140 Å². The summed E-state index contributed by atoms with van der Waals surface area (Å²) in [4.78, 5) is 5.66. The highest BCUT2D eigenvalue weighted by molar-refractivity contribution is 6.24. The van der Waals surface area contributed by atoms with Gasteiger partial charge in [0.1, 0.15) is 11.6 Å². The number of hydrogen-bond acceptors (Lipinski definition) is 1. The Morgan fingerprint density at radius 3 is 0.914 bits per heavy atom. The number of fused-ring (bicyclic) bond motifs is 13. The molecule has 270 valence electrons. The van der Waals surface area contributed by atoms with Crippen LogP contribution in [0.5, 0.6) is 0 Å². The molecule has 13 aromatic rings. The quantitative estimate of drug-likeness (QED) is 0.177. The van der Waals surface area contributed by atoms with E-state index in [1.54, 1.807) is 0 Å². The molecule has 0 unspecified atom stereocenters. The van der Waals surface area contributed by atoms with Crippen LogP contribution in [0.1, 0.15) is 0 Å². The van der Waals surface area contributed by atoms with E-state index in [2.05, 4.69) is 218 Å². The van der Waals surface area contributed by atoms with Gasteiger partial charge in [-0.25, -0.2) is 4.98 Å². The van der Waals surface area contributed by atoms with E-state index in [1.807, 2.05) is 0 Å². The third-order valence-corrected chi connectivity index (χ3v) is 12.1. The molecule has 0 aliphatic rings. The molecule has 0 saturated heterocycles. The van der Waals surface area contributed by atoms with E-state index in [-0.39, 0.29) is 0 Å². The summed E-state index contributed by atoms with van der Waals surface area (Å²) >= 11 is 0. The van der Waals surface area contributed by atoms with Crippen LogP contribution in [-0.4, -0.2) is 23.3 Å². The fourth-order valence-corrected chi connectivity index (χ4v) is 9.80. The molecule has 0 aliphatic heterocycles.